The Bertz CT molecular complexity index is 1320. The van der Waals surface area contributed by atoms with Gasteiger partial charge in [0.15, 0.2) is 0 Å². The molecule has 0 N–H and O–H groups in total. The highest BCUT2D eigenvalue weighted by atomic mass is 16.6. The molecule has 1 saturated carbocycles. The normalized spacial score (nSPS) is 17.1. The van der Waals surface area contributed by atoms with Crippen LogP contribution in [0.2, 0.25) is 0 Å². The molecule has 1 amide bonds. The Morgan fingerprint density at radius 2 is 1.64 bits per heavy atom. The highest BCUT2D eigenvalue weighted by Gasteiger charge is 2.39. The zero-order valence-electron chi connectivity index (χ0n) is 20.9. The number of aryl methyl sites for hydroxylation is 1. The second kappa shape index (κ2) is 9.27. The number of amides is 1. The van der Waals surface area contributed by atoms with Gasteiger partial charge in [0, 0.05) is 23.8 Å². The van der Waals surface area contributed by atoms with E-state index in [4.69, 9.17) is 10.00 Å². The Kier molecular flexibility index (Phi) is 6.13. The van der Waals surface area contributed by atoms with Crippen LogP contribution in [-0.2, 0) is 17.6 Å². The lowest BCUT2D eigenvalue weighted by molar-refractivity contribution is 0.0513. The number of carbonyl (C=O) groups is 2. The summed E-state index contributed by atoms with van der Waals surface area (Å²) in [5, 5.41) is 13.5. The first kappa shape index (κ1) is 23.8. The predicted octanol–water partition coefficient (Wildman–Crippen LogP) is 5.37. The molecule has 1 fully saturated rings. The van der Waals surface area contributed by atoms with Gasteiger partial charge >= 0.3 is 6.09 Å². The van der Waals surface area contributed by atoms with E-state index in [1.165, 1.54) is 4.68 Å². The van der Waals surface area contributed by atoms with Crippen molar-refractivity contribution >= 4 is 12.0 Å². The van der Waals surface area contributed by atoms with E-state index in [2.05, 4.69) is 16.1 Å². The van der Waals surface area contributed by atoms with Crippen molar-refractivity contribution in [1.29, 1.82) is 5.26 Å². The predicted molar refractivity (Wildman–Crippen MR) is 135 cm³/mol. The van der Waals surface area contributed by atoms with Gasteiger partial charge in [-0.05, 0) is 93.8 Å². The molecule has 0 saturated heterocycles. The van der Waals surface area contributed by atoms with E-state index in [1.807, 2.05) is 57.2 Å². The summed E-state index contributed by atoms with van der Waals surface area (Å²) in [7, 11) is 0. The SMILES string of the molecule is CC(C)(C)OC(=O)n1cc2c(n1)CCC(N(C(=O)c1ccc(-c3ccc(C#N)cc3)cc1)C1CC1)C2. The molecule has 2 aliphatic rings. The minimum Gasteiger partial charge on any atom is -0.442 e. The molecule has 0 radical (unpaired) electrons. The van der Waals surface area contributed by atoms with E-state index < -0.39 is 11.7 Å². The average molecular weight is 483 g/mol. The van der Waals surface area contributed by atoms with Gasteiger partial charge in [-0.15, -0.1) is 0 Å². The molecule has 1 heterocycles. The van der Waals surface area contributed by atoms with Crippen molar-refractivity contribution in [2.24, 2.45) is 0 Å². The van der Waals surface area contributed by atoms with Crippen LogP contribution in [0.15, 0.2) is 54.7 Å². The first-order valence-electron chi connectivity index (χ1n) is 12.5. The summed E-state index contributed by atoms with van der Waals surface area (Å²) in [5.74, 6) is 0.0527. The summed E-state index contributed by atoms with van der Waals surface area (Å²) >= 11 is 0. The molecule has 0 aliphatic heterocycles. The monoisotopic (exact) mass is 482 g/mol. The van der Waals surface area contributed by atoms with Crippen LogP contribution < -0.4 is 0 Å². The highest BCUT2D eigenvalue weighted by Crippen LogP contribution is 2.35. The lowest BCUT2D eigenvalue weighted by Gasteiger charge is -2.34. The van der Waals surface area contributed by atoms with Crippen LogP contribution in [0, 0.1) is 11.3 Å². The van der Waals surface area contributed by atoms with Crippen molar-refractivity contribution in [2.45, 2.75) is 70.6 Å². The first-order chi connectivity index (χ1) is 17.2. The molecule has 36 heavy (non-hydrogen) atoms. The van der Waals surface area contributed by atoms with Crippen LogP contribution in [0.25, 0.3) is 11.1 Å². The highest BCUT2D eigenvalue weighted by molar-refractivity contribution is 5.95. The number of carbonyl (C=O) groups excluding carboxylic acids is 2. The smallest absolute Gasteiger partial charge is 0.435 e. The lowest BCUT2D eigenvalue weighted by Crippen LogP contribution is -2.44. The van der Waals surface area contributed by atoms with Gasteiger partial charge in [0.1, 0.15) is 5.60 Å². The van der Waals surface area contributed by atoms with Crippen molar-refractivity contribution in [3.8, 4) is 17.2 Å². The maximum atomic E-state index is 13.6. The minimum absolute atomic E-state index is 0.0527. The van der Waals surface area contributed by atoms with Crippen molar-refractivity contribution in [3.63, 3.8) is 0 Å². The van der Waals surface area contributed by atoms with Gasteiger partial charge < -0.3 is 9.64 Å². The number of aromatic nitrogens is 2. The van der Waals surface area contributed by atoms with Crippen LogP contribution in [-0.4, -0.2) is 44.4 Å². The van der Waals surface area contributed by atoms with E-state index in [-0.39, 0.29) is 18.0 Å². The fourth-order valence-electron chi connectivity index (χ4n) is 4.80. The van der Waals surface area contributed by atoms with Crippen molar-refractivity contribution < 1.29 is 14.3 Å². The molecule has 1 atom stereocenters. The largest absolute Gasteiger partial charge is 0.442 e. The molecule has 2 aromatic carbocycles. The van der Waals surface area contributed by atoms with E-state index in [9.17, 15) is 9.59 Å². The number of fused-ring (bicyclic) bond motifs is 1. The van der Waals surface area contributed by atoms with Crippen molar-refractivity contribution in [1.82, 2.24) is 14.7 Å². The third-order valence-electron chi connectivity index (χ3n) is 6.68. The topological polar surface area (TPSA) is 88.2 Å². The number of hydrogen-bond donors (Lipinski definition) is 0. The number of benzene rings is 2. The maximum Gasteiger partial charge on any atom is 0.435 e. The Morgan fingerprint density at radius 3 is 2.22 bits per heavy atom. The fourth-order valence-corrected chi connectivity index (χ4v) is 4.80. The van der Waals surface area contributed by atoms with E-state index in [1.54, 1.807) is 18.3 Å². The number of rotatable bonds is 4. The molecule has 2 aliphatic carbocycles. The quantitative estimate of drug-likeness (QED) is 0.499. The van der Waals surface area contributed by atoms with Gasteiger partial charge in [-0.25, -0.2) is 4.79 Å². The van der Waals surface area contributed by atoms with Gasteiger partial charge in [-0.2, -0.15) is 15.0 Å². The summed E-state index contributed by atoms with van der Waals surface area (Å²) < 4.78 is 6.75. The van der Waals surface area contributed by atoms with Gasteiger partial charge in [0.2, 0.25) is 0 Å². The maximum absolute atomic E-state index is 13.6. The van der Waals surface area contributed by atoms with Crippen molar-refractivity contribution in [2.75, 3.05) is 0 Å². The number of ether oxygens (including phenoxy) is 1. The third-order valence-corrected chi connectivity index (χ3v) is 6.68. The molecule has 1 unspecified atom stereocenters. The molecular formula is C29H30N4O3. The second-order valence-corrected chi connectivity index (χ2v) is 10.6. The fraction of sp³-hybridized carbons (Fsp3) is 0.379. The number of nitrogens with zero attached hydrogens (tertiary/aromatic N) is 4. The molecule has 7 nitrogen and oxygen atoms in total. The molecule has 1 aromatic heterocycles. The standard InChI is InChI=1S/C29H30N4O3/c1-29(2,3)36-28(35)32-18-23-16-25(14-15-26(23)31-32)33(24-12-13-24)27(34)22-10-8-21(9-11-22)20-6-4-19(17-30)5-7-20/h4-11,18,24-25H,12-16H2,1-3H3. The van der Waals surface area contributed by atoms with Crippen molar-refractivity contribution in [3.05, 3.63) is 77.1 Å². The Morgan fingerprint density at radius 1 is 1.00 bits per heavy atom. The van der Waals surface area contributed by atoms with Crippen LogP contribution in [0.3, 0.4) is 0 Å². The summed E-state index contributed by atoms with van der Waals surface area (Å²) in [4.78, 5) is 28.2. The molecular weight excluding hydrogens is 452 g/mol. The molecule has 3 aromatic rings. The summed E-state index contributed by atoms with van der Waals surface area (Å²) in [6.45, 7) is 5.50. The summed E-state index contributed by atoms with van der Waals surface area (Å²) in [5.41, 5.74) is 4.64. The average Bonchev–Trinajstić information content (AvgIpc) is 3.60. The van der Waals surface area contributed by atoms with E-state index in [0.29, 0.717) is 17.5 Å². The van der Waals surface area contributed by atoms with Gasteiger partial charge in [-0.3, -0.25) is 4.79 Å². The number of hydrogen-bond acceptors (Lipinski definition) is 5. The van der Waals surface area contributed by atoms with E-state index in [0.717, 1.165) is 48.1 Å². The zero-order chi connectivity index (χ0) is 25.4. The first-order valence-corrected chi connectivity index (χ1v) is 12.5. The molecule has 0 bridgehead atoms. The summed E-state index contributed by atoms with van der Waals surface area (Å²) in [6, 6.07) is 17.6. The second-order valence-electron chi connectivity index (χ2n) is 10.6. The van der Waals surface area contributed by atoms with Gasteiger partial charge in [0.05, 0.1) is 17.3 Å². The molecule has 5 rings (SSSR count). The van der Waals surface area contributed by atoms with Gasteiger partial charge in [-0.1, -0.05) is 24.3 Å². The van der Waals surface area contributed by atoms with Crippen LogP contribution >= 0.6 is 0 Å². The Balaban J connectivity index is 1.32. The van der Waals surface area contributed by atoms with E-state index >= 15 is 0 Å². The van der Waals surface area contributed by atoms with Gasteiger partial charge in [0.25, 0.3) is 5.91 Å². The zero-order valence-corrected chi connectivity index (χ0v) is 20.9. The van der Waals surface area contributed by atoms with Crippen LogP contribution in [0.4, 0.5) is 4.79 Å². The molecule has 184 valence electrons. The number of nitriles is 1. The summed E-state index contributed by atoms with van der Waals surface area (Å²) in [6.07, 6.45) is 5.56. The Hall–Kier alpha value is -3.92. The third kappa shape index (κ3) is 5.03. The minimum atomic E-state index is -0.586. The van der Waals surface area contributed by atoms with Crippen LogP contribution in [0.1, 0.15) is 67.2 Å². The molecule has 0 spiro atoms. The Labute approximate surface area is 211 Å². The lowest BCUT2D eigenvalue weighted by atomic mass is 9.91. The molecule has 7 heteroatoms. The van der Waals surface area contributed by atoms with Crippen LogP contribution in [0.5, 0.6) is 0 Å².